The van der Waals surface area contributed by atoms with Gasteiger partial charge in [-0.3, -0.25) is 14.2 Å². The highest BCUT2D eigenvalue weighted by Gasteiger charge is 2.11. The molecule has 1 aromatic heterocycles. The second kappa shape index (κ2) is 7.54. The molecule has 6 heteroatoms. The molecule has 5 nitrogen and oxygen atoms in total. The first-order valence-electron chi connectivity index (χ1n) is 8.14. The first-order valence-corrected chi connectivity index (χ1v) is 8.52. The van der Waals surface area contributed by atoms with Gasteiger partial charge in [0.1, 0.15) is 12.4 Å². The molecule has 1 amide bonds. The van der Waals surface area contributed by atoms with Crippen LogP contribution in [0.4, 0.5) is 5.69 Å². The fraction of sp³-hybridized carbons (Fsp3) is 0.150. The standard InChI is InChI=1S/C20H18ClN3O2/c1-13-10-16(21)8-9-17(13)23-19(25)12-24-14(2)22-18(11-20(24)26)15-6-4-3-5-7-15/h3-11H,12H2,1-2H3,(H,23,25). The lowest BCUT2D eigenvalue weighted by Gasteiger charge is -2.12. The van der Waals surface area contributed by atoms with E-state index >= 15 is 0 Å². The summed E-state index contributed by atoms with van der Waals surface area (Å²) in [6.45, 7) is 3.47. The molecule has 0 aliphatic carbocycles. The molecule has 132 valence electrons. The van der Waals surface area contributed by atoms with Gasteiger partial charge in [0.25, 0.3) is 5.56 Å². The fourth-order valence-electron chi connectivity index (χ4n) is 2.67. The van der Waals surface area contributed by atoms with Gasteiger partial charge in [0.15, 0.2) is 0 Å². The Hall–Kier alpha value is -2.92. The fourth-order valence-corrected chi connectivity index (χ4v) is 2.90. The number of anilines is 1. The minimum Gasteiger partial charge on any atom is -0.324 e. The molecule has 0 fully saturated rings. The van der Waals surface area contributed by atoms with Gasteiger partial charge in [-0.2, -0.15) is 0 Å². The molecule has 0 atom stereocenters. The minimum atomic E-state index is -0.296. The molecule has 1 N–H and O–H groups in total. The van der Waals surface area contributed by atoms with E-state index in [1.54, 1.807) is 25.1 Å². The molecule has 3 aromatic rings. The van der Waals surface area contributed by atoms with Crippen molar-refractivity contribution in [2.45, 2.75) is 20.4 Å². The van der Waals surface area contributed by atoms with E-state index in [2.05, 4.69) is 10.3 Å². The average molecular weight is 368 g/mol. The zero-order valence-corrected chi connectivity index (χ0v) is 15.2. The van der Waals surface area contributed by atoms with E-state index in [0.29, 0.717) is 22.2 Å². The minimum absolute atomic E-state index is 0.102. The topological polar surface area (TPSA) is 64.0 Å². The Bertz CT molecular complexity index is 1010. The molecule has 0 unspecified atom stereocenters. The number of carbonyl (C=O) groups is 1. The number of aromatic nitrogens is 2. The highest BCUT2D eigenvalue weighted by molar-refractivity contribution is 6.30. The maximum atomic E-state index is 12.5. The zero-order chi connectivity index (χ0) is 18.7. The van der Waals surface area contributed by atoms with Crippen LogP contribution in [0.25, 0.3) is 11.3 Å². The van der Waals surface area contributed by atoms with Crippen molar-refractivity contribution in [1.29, 1.82) is 0 Å². The van der Waals surface area contributed by atoms with Crippen molar-refractivity contribution in [3.8, 4) is 11.3 Å². The Morgan fingerprint density at radius 3 is 2.50 bits per heavy atom. The Balaban J connectivity index is 1.81. The normalized spacial score (nSPS) is 10.6. The average Bonchev–Trinajstić information content (AvgIpc) is 2.61. The third-order valence-corrected chi connectivity index (χ3v) is 4.27. The van der Waals surface area contributed by atoms with Crippen molar-refractivity contribution in [3.63, 3.8) is 0 Å². The van der Waals surface area contributed by atoms with Crippen LogP contribution < -0.4 is 10.9 Å². The number of rotatable bonds is 4. The number of halogens is 1. The van der Waals surface area contributed by atoms with Gasteiger partial charge >= 0.3 is 0 Å². The molecule has 0 aliphatic heterocycles. The molecule has 0 saturated carbocycles. The van der Waals surface area contributed by atoms with Gasteiger partial charge in [0, 0.05) is 22.3 Å². The summed E-state index contributed by atoms with van der Waals surface area (Å²) in [6, 6.07) is 16.1. The van der Waals surface area contributed by atoms with E-state index in [-0.39, 0.29) is 18.0 Å². The summed E-state index contributed by atoms with van der Waals surface area (Å²) in [5, 5.41) is 3.41. The van der Waals surface area contributed by atoms with Crippen molar-refractivity contribution in [3.05, 3.63) is 81.4 Å². The van der Waals surface area contributed by atoms with Crippen molar-refractivity contribution in [2.75, 3.05) is 5.32 Å². The summed E-state index contributed by atoms with van der Waals surface area (Å²) >= 11 is 5.92. The summed E-state index contributed by atoms with van der Waals surface area (Å²) in [6.07, 6.45) is 0. The quantitative estimate of drug-likeness (QED) is 0.762. The number of aryl methyl sites for hydroxylation is 2. The van der Waals surface area contributed by atoms with Gasteiger partial charge in [-0.1, -0.05) is 41.9 Å². The third-order valence-electron chi connectivity index (χ3n) is 4.03. The predicted molar refractivity (Wildman–Crippen MR) is 103 cm³/mol. The third kappa shape index (κ3) is 4.00. The van der Waals surface area contributed by atoms with E-state index in [9.17, 15) is 9.59 Å². The van der Waals surface area contributed by atoms with Crippen LogP contribution >= 0.6 is 11.6 Å². The highest BCUT2D eigenvalue weighted by atomic mass is 35.5. The van der Waals surface area contributed by atoms with Crippen molar-refractivity contribution < 1.29 is 4.79 Å². The van der Waals surface area contributed by atoms with Gasteiger partial charge in [0.05, 0.1) is 5.69 Å². The lowest BCUT2D eigenvalue weighted by atomic mass is 10.1. The van der Waals surface area contributed by atoms with Crippen LogP contribution in [0.5, 0.6) is 0 Å². The molecular formula is C20H18ClN3O2. The van der Waals surface area contributed by atoms with Gasteiger partial charge in [-0.25, -0.2) is 4.98 Å². The summed E-state index contributed by atoms with van der Waals surface area (Å²) in [5.74, 6) is 0.189. The van der Waals surface area contributed by atoms with Gasteiger partial charge in [-0.15, -0.1) is 0 Å². The summed E-state index contributed by atoms with van der Waals surface area (Å²) in [5.41, 5.74) is 2.71. The van der Waals surface area contributed by atoms with Crippen molar-refractivity contribution in [2.24, 2.45) is 0 Å². The Morgan fingerprint density at radius 1 is 1.12 bits per heavy atom. The van der Waals surface area contributed by atoms with Gasteiger partial charge in [0.2, 0.25) is 5.91 Å². The number of amides is 1. The molecular weight excluding hydrogens is 350 g/mol. The molecule has 1 heterocycles. The molecule has 0 radical (unpaired) electrons. The Labute approximate surface area is 156 Å². The lowest BCUT2D eigenvalue weighted by Crippen LogP contribution is -2.30. The Kier molecular flexibility index (Phi) is 5.19. The van der Waals surface area contributed by atoms with Gasteiger partial charge in [-0.05, 0) is 37.6 Å². The summed E-state index contributed by atoms with van der Waals surface area (Å²) in [7, 11) is 0. The van der Waals surface area contributed by atoms with Gasteiger partial charge < -0.3 is 5.32 Å². The smallest absolute Gasteiger partial charge is 0.254 e. The molecule has 26 heavy (non-hydrogen) atoms. The summed E-state index contributed by atoms with van der Waals surface area (Å²) in [4.78, 5) is 29.3. The molecule has 0 spiro atoms. The first-order chi connectivity index (χ1) is 12.4. The molecule has 0 aliphatic rings. The van der Waals surface area contributed by atoms with Crippen molar-refractivity contribution in [1.82, 2.24) is 9.55 Å². The molecule has 2 aromatic carbocycles. The van der Waals surface area contributed by atoms with E-state index < -0.39 is 0 Å². The highest BCUT2D eigenvalue weighted by Crippen LogP contribution is 2.19. The Morgan fingerprint density at radius 2 is 1.85 bits per heavy atom. The van der Waals surface area contributed by atoms with Crippen LogP contribution in [-0.4, -0.2) is 15.5 Å². The first kappa shape index (κ1) is 17.9. The second-order valence-corrected chi connectivity index (χ2v) is 6.42. The number of carbonyl (C=O) groups excluding carboxylic acids is 1. The maximum absolute atomic E-state index is 12.5. The number of nitrogens with one attached hydrogen (secondary N) is 1. The van der Waals surface area contributed by atoms with E-state index in [1.807, 2.05) is 37.3 Å². The number of nitrogens with zero attached hydrogens (tertiary/aromatic N) is 2. The van der Waals surface area contributed by atoms with Crippen LogP contribution in [0.2, 0.25) is 5.02 Å². The van der Waals surface area contributed by atoms with Crippen molar-refractivity contribution >= 4 is 23.2 Å². The largest absolute Gasteiger partial charge is 0.324 e. The number of benzene rings is 2. The zero-order valence-electron chi connectivity index (χ0n) is 14.5. The SMILES string of the molecule is Cc1cc(Cl)ccc1NC(=O)Cn1c(C)nc(-c2ccccc2)cc1=O. The van der Waals surface area contributed by atoms with E-state index in [0.717, 1.165) is 11.1 Å². The van der Waals surface area contributed by atoms with Crippen LogP contribution in [0.15, 0.2) is 59.4 Å². The van der Waals surface area contributed by atoms with Crippen LogP contribution in [0, 0.1) is 13.8 Å². The molecule has 3 rings (SSSR count). The maximum Gasteiger partial charge on any atom is 0.254 e. The van der Waals surface area contributed by atoms with Crippen LogP contribution in [0.3, 0.4) is 0 Å². The number of hydrogen-bond acceptors (Lipinski definition) is 3. The monoisotopic (exact) mass is 367 g/mol. The lowest BCUT2D eigenvalue weighted by molar-refractivity contribution is -0.116. The molecule has 0 saturated heterocycles. The van der Waals surface area contributed by atoms with Crippen LogP contribution in [-0.2, 0) is 11.3 Å². The second-order valence-electron chi connectivity index (χ2n) is 5.99. The number of hydrogen-bond donors (Lipinski definition) is 1. The van der Waals surface area contributed by atoms with E-state index in [4.69, 9.17) is 11.6 Å². The molecule has 0 bridgehead atoms. The summed E-state index contributed by atoms with van der Waals surface area (Å²) < 4.78 is 1.35. The van der Waals surface area contributed by atoms with Crippen LogP contribution in [0.1, 0.15) is 11.4 Å². The predicted octanol–water partition coefficient (Wildman–Crippen LogP) is 3.82. The van der Waals surface area contributed by atoms with E-state index in [1.165, 1.54) is 10.6 Å².